The Morgan fingerprint density at radius 3 is 2.76 bits per heavy atom. The van der Waals surface area contributed by atoms with E-state index in [-0.39, 0.29) is 39.7 Å². The van der Waals surface area contributed by atoms with Crippen molar-refractivity contribution in [3.8, 4) is 0 Å². The van der Waals surface area contributed by atoms with Gasteiger partial charge in [0.05, 0.1) is 25.2 Å². The molecule has 0 amide bonds. The van der Waals surface area contributed by atoms with Crippen LogP contribution in [0.5, 0.6) is 0 Å². The molecule has 4 aliphatic heterocycles. The van der Waals surface area contributed by atoms with Crippen LogP contribution in [0.2, 0.25) is 0 Å². The fraction of sp³-hybridized carbons (Fsp3) is 0.917. The number of fused-ring (bicyclic) bond motifs is 1. The largest absolute Gasteiger partial charge is 0.469 e. The average Bonchev–Trinajstić information content (AvgIpc) is 3.23. The first kappa shape index (κ1) is 18.8. The number of carbonyl (C=O) groups is 2. The molecule has 5 nitrogen and oxygen atoms in total. The molecule has 8 atom stereocenters. The molecule has 8 unspecified atom stereocenters. The zero-order valence-corrected chi connectivity index (χ0v) is 18.2. The minimum absolute atomic E-state index is 0.0228. The van der Waals surface area contributed by atoms with E-state index >= 15 is 0 Å². The van der Waals surface area contributed by atoms with Gasteiger partial charge in [-0.25, -0.2) is 0 Å². The topological polar surface area (TPSA) is 55.8 Å². The van der Waals surface area contributed by atoms with Crippen molar-refractivity contribution in [2.45, 2.75) is 64.4 Å². The predicted octanol–water partition coefficient (Wildman–Crippen LogP) is 3.06. The van der Waals surface area contributed by atoms with Crippen LogP contribution >= 0.6 is 0 Å². The second-order valence-electron chi connectivity index (χ2n) is 11.5. The summed E-state index contributed by atoms with van der Waals surface area (Å²) < 4.78 is 12.4. The number of esters is 1. The quantitative estimate of drug-likeness (QED) is 0.663. The molecule has 3 saturated carbocycles. The number of Topliss-reactive ketones (excluding diaryl/α,β-unsaturated/α-hetero) is 1. The van der Waals surface area contributed by atoms with Crippen molar-refractivity contribution in [3.05, 3.63) is 0 Å². The lowest BCUT2D eigenvalue weighted by Crippen LogP contribution is -2.71. The summed E-state index contributed by atoms with van der Waals surface area (Å²) in [6.07, 6.45) is 7.32. The van der Waals surface area contributed by atoms with Gasteiger partial charge < -0.3 is 14.4 Å². The highest BCUT2D eigenvalue weighted by molar-refractivity contribution is 5.80. The highest BCUT2D eigenvalue weighted by atomic mass is 16.5. The van der Waals surface area contributed by atoms with E-state index in [0.717, 1.165) is 45.5 Å². The molecule has 0 aromatic carbocycles. The van der Waals surface area contributed by atoms with Crippen molar-refractivity contribution < 1.29 is 19.1 Å². The monoisotopic (exact) mass is 401 g/mol. The summed E-state index contributed by atoms with van der Waals surface area (Å²) in [6.45, 7) is 8.21. The molecule has 7 fully saturated rings. The van der Waals surface area contributed by atoms with E-state index in [4.69, 9.17) is 9.47 Å². The van der Waals surface area contributed by atoms with Gasteiger partial charge in [-0.2, -0.15) is 0 Å². The standard InChI is InChI=1S/C24H35NO4/c1-15(2)19(26)6-9-22-14-29-24-18-5-8-21(24)7-4-16(22)11-25(12-21)13-23(22,24)10-17(18)20(27)28-3/h15-18H,4-14H2,1-3H3. The summed E-state index contributed by atoms with van der Waals surface area (Å²) in [5.74, 6) is 1.32. The molecule has 3 aliphatic carbocycles. The van der Waals surface area contributed by atoms with Gasteiger partial charge >= 0.3 is 5.97 Å². The van der Waals surface area contributed by atoms with Crippen molar-refractivity contribution in [2.75, 3.05) is 33.4 Å². The van der Waals surface area contributed by atoms with Gasteiger partial charge in [0.15, 0.2) is 0 Å². The zero-order chi connectivity index (χ0) is 20.2. The molecule has 160 valence electrons. The molecule has 0 N–H and O–H groups in total. The Morgan fingerprint density at radius 1 is 1.21 bits per heavy atom. The van der Waals surface area contributed by atoms with Crippen LogP contribution in [0.3, 0.4) is 0 Å². The summed E-state index contributed by atoms with van der Waals surface area (Å²) >= 11 is 0. The predicted molar refractivity (Wildman–Crippen MR) is 107 cm³/mol. The van der Waals surface area contributed by atoms with Crippen LogP contribution in [-0.2, 0) is 19.1 Å². The second kappa shape index (κ2) is 5.64. The lowest BCUT2D eigenvalue weighted by Gasteiger charge is -2.64. The smallest absolute Gasteiger partial charge is 0.309 e. The molecule has 3 spiro atoms. The summed E-state index contributed by atoms with van der Waals surface area (Å²) in [4.78, 5) is 28.3. The maximum Gasteiger partial charge on any atom is 0.309 e. The van der Waals surface area contributed by atoms with Crippen LogP contribution in [0.25, 0.3) is 0 Å². The molecule has 29 heavy (non-hydrogen) atoms. The summed E-state index contributed by atoms with van der Waals surface area (Å²) in [6, 6.07) is 0. The van der Waals surface area contributed by atoms with Crippen LogP contribution in [0, 0.1) is 39.9 Å². The van der Waals surface area contributed by atoms with E-state index in [9.17, 15) is 9.59 Å². The third kappa shape index (κ3) is 1.84. The van der Waals surface area contributed by atoms with Crippen LogP contribution < -0.4 is 0 Å². The second-order valence-corrected chi connectivity index (χ2v) is 11.5. The van der Waals surface area contributed by atoms with Crippen molar-refractivity contribution >= 4 is 11.8 Å². The number of carbonyl (C=O) groups excluding carboxylic acids is 2. The number of rotatable bonds is 5. The van der Waals surface area contributed by atoms with Crippen LogP contribution in [-0.4, -0.2) is 55.6 Å². The van der Waals surface area contributed by atoms with Gasteiger partial charge in [-0.15, -0.1) is 0 Å². The molecule has 0 aromatic rings. The molecular formula is C24H35NO4. The lowest BCUT2D eigenvalue weighted by molar-refractivity contribution is -0.201. The number of ketones is 1. The molecule has 0 radical (unpaired) electrons. The minimum atomic E-state index is -0.161. The van der Waals surface area contributed by atoms with Crippen molar-refractivity contribution in [2.24, 2.45) is 39.9 Å². The first-order chi connectivity index (χ1) is 13.8. The zero-order valence-electron chi connectivity index (χ0n) is 18.2. The van der Waals surface area contributed by atoms with Crippen molar-refractivity contribution in [1.29, 1.82) is 0 Å². The van der Waals surface area contributed by atoms with E-state index in [1.807, 2.05) is 13.8 Å². The first-order valence-corrected chi connectivity index (χ1v) is 11.8. The molecule has 4 heterocycles. The Hall–Kier alpha value is -0.940. The Labute approximate surface area is 173 Å². The molecule has 4 saturated heterocycles. The van der Waals surface area contributed by atoms with Gasteiger partial charge in [0.1, 0.15) is 5.78 Å². The molecular weight excluding hydrogens is 366 g/mol. The third-order valence-electron chi connectivity index (χ3n) is 10.7. The number of nitrogens with zero attached hydrogens (tertiary/aromatic N) is 1. The molecule has 7 aliphatic rings. The van der Waals surface area contributed by atoms with E-state index in [2.05, 4.69) is 4.90 Å². The van der Waals surface area contributed by atoms with Crippen LogP contribution in [0.4, 0.5) is 0 Å². The Bertz CT molecular complexity index is 781. The van der Waals surface area contributed by atoms with Crippen molar-refractivity contribution in [1.82, 2.24) is 4.90 Å². The van der Waals surface area contributed by atoms with Gasteiger partial charge in [-0.3, -0.25) is 9.59 Å². The van der Waals surface area contributed by atoms with Gasteiger partial charge in [0, 0.05) is 54.1 Å². The number of hydrogen-bond donors (Lipinski definition) is 0. The molecule has 0 aromatic heterocycles. The molecule has 6 bridgehead atoms. The SMILES string of the molecule is COC(=O)C1CC23CN4CC5CCC6(CCC1C62OCC53CCC(=O)C(C)C)C4. The van der Waals surface area contributed by atoms with Gasteiger partial charge in [0.25, 0.3) is 0 Å². The molecule has 5 heteroatoms. The van der Waals surface area contributed by atoms with Gasteiger partial charge in [-0.1, -0.05) is 13.8 Å². The summed E-state index contributed by atoms with van der Waals surface area (Å²) in [5, 5.41) is 0. The molecule has 7 rings (SSSR count). The summed E-state index contributed by atoms with van der Waals surface area (Å²) in [5.41, 5.74) is 0.121. The van der Waals surface area contributed by atoms with E-state index in [1.54, 1.807) is 7.11 Å². The number of hydrogen-bond acceptors (Lipinski definition) is 5. The first-order valence-electron chi connectivity index (χ1n) is 11.8. The highest BCUT2D eigenvalue weighted by Crippen LogP contribution is 2.84. The normalized spacial score (nSPS) is 53.4. The average molecular weight is 402 g/mol. The van der Waals surface area contributed by atoms with Gasteiger partial charge in [0.2, 0.25) is 0 Å². The third-order valence-corrected chi connectivity index (χ3v) is 10.7. The van der Waals surface area contributed by atoms with E-state index in [0.29, 0.717) is 24.0 Å². The van der Waals surface area contributed by atoms with Crippen LogP contribution in [0.15, 0.2) is 0 Å². The highest BCUT2D eigenvalue weighted by Gasteiger charge is 2.88. The van der Waals surface area contributed by atoms with Gasteiger partial charge in [-0.05, 0) is 44.4 Å². The maximum atomic E-state index is 12.9. The Balaban J connectivity index is 1.50. The number of piperidine rings is 2. The fourth-order valence-corrected chi connectivity index (χ4v) is 9.87. The fourth-order valence-electron chi connectivity index (χ4n) is 9.87. The number of ether oxygens (including phenoxy) is 2. The van der Waals surface area contributed by atoms with Crippen LogP contribution in [0.1, 0.15) is 58.8 Å². The maximum absolute atomic E-state index is 12.9. The Morgan fingerprint density at radius 2 is 2.00 bits per heavy atom. The number of methoxy groups -OCH3 is 1. The Kier molecular flexibility index (Phi) is 3.66. The minimum Gasteiger partial charge on any atom is -0.469 e. The van der Waals surface area contributed by atoms with E-state index in [1.165, 1.54) is 19.3 Å². The van der Waals surface area contributed by atoms with Crippen molar-refractivity contribution in [3.63, 3.8) is 0 Å². The lowest BCUT2D eigenvalue weighted by atomic mass is 9.46. The summed E-state index contributed by atoms with van der Waals surface area (Å²) in [7, 11) is 1.54. The van der Waals surface area contributed by atoms with E-state index < -0.39 is 0 Å².